The third-order valence-electron chi connectivity index (χ3n) is 2.45. The zero-order valence-electron chi connectivity index (χ0n) is 11.2. The van der Waals surface area contributed by atoms with Crippen molar-refractivity contribution < 1.29 is 16.5 Å². The van der Waals surface area contributed by atoms with E-state index in [4.69, 9.17) is 0 Å². The molecule has 0 aliphatic heterocycles. The molecule has 104 valence electrons. The van der Waals surface area contributed by atoms with Gasteiger partial charge in [-0.2, -0.15) is 0 Å². The molecule has 0 unspecified atom stereocenters. The molecule has 0 atom stereocenters. The molecular formula is C17H16N2Ni. The van der Waals surface area contributed by atoms with Crippen LogP contribution in [0.4, 0.5) is 11.4 Å². The van der Waals surface area contributed by atoms with Crippen LogP contribution >= 0.6 is 0 Å². The monoisotopic (exact) mass is 306 g/mol. The van der Waals surface area contributed by atoms with E-state index in [2.05, 4.69) is 9.98 Å². The average molecular weight is 307 g/mol. The van der Waals surface area contributed by atoms with E-state index in [-0.39, 0.29) is 16.5 Å². The second-order valence-electron chi connectivity index (χ2n) is 3.97. The van der Waals surface area contributed by atoms with Crippen LogP contribution in [0.15, 0.2) is 82.8 Å². The van der Waals surface area contributed by atoms with E-state index < -0.39 is 0 Å². The number of para-hydroxylation sites is 2. The Hall–Kier alpha value is -1.99. The van der Waals surface area contributed by atoms with Gasteiger partial charge in [0.2, 0.25) is 0 Å². The minimum absolute atomic E-state index is 0. The molecule has 0 aliphatic carbocycles. The third-order valence-corrected chi connectivity index (χ3v) is 2.45. The maximum absolute atomic E-state index is 4.54. The molecule has 2 aromatic rings. The number of allylic oxidation sites excluding steroid dienone is 2. The average Bonchev–Trinajstić information content (AvgIpc) is 2.47. The zero-order valence-corrected chi connectivity index (χ0v) is 12.2. The molecule has 0 N–H and O–H groups in total. The predicted molar refractivity (Wildman–Crippen MR) is 82.9 cm³/mol. The molecule has 20 heavy (non-hydrogen) atoms. The first-order chi connectivity index (χ1) is 9.38. The molecule has 0 bridgehead atoms. The fraction of sp³-hybridized carbons (Fsp3) is 0.0588. The summed E-state index contributed by atoms with van der Waals surface area (Å²) in [6.07, 6.45) is 5.68. The first-order valence-electron chi connectivity index (χ1n) is 6.24. The summed E-state index contributed by atoms with van der Waals surface area (Å²) in [5, 5.41) is 0. The molecule has 0 saturated heterocycles. The number of hydrogen-bond donors (Lipinski definition) is 0. The maximum atomic E-state index is 4.54. The molecule has 0 aromatic heterocycles. The smallest absolute Gasteiger partial charge is 0.0816 e. The number of hydrogen-bond acceptors (Lipinski definition) is 2. The van der Waals surface area contributed by atoms with Crippen molar-refractivity contribution in [1.29, 1.82) is 0 Å². The Bertz CT molecular complexity index is 587. The molecule has 0 amide bonds. The molecule has 0 saturated carbocycles. The Kier molecular flexibility index (Phi) is 7.23. The molecular weight excluding hydrogens is 291 g/mol. The molecule has 0 heterocycles. The largest absolute Gasteiger partial charge is 0.255 e. The number of nitrogens with zero attached hydrogens (tertiary/aromatic N) is 2. The Morgan fingerprint density at radius 3 is 1.95 bits per heavy atom. The minimum Gasteiger partial charge on any atom is -0.255 e. The van der Waals surface area contributed by atoms with E-state index in [9.17, 15) is 0 Å². The summed E-state index contributed by atoms with van der Waals surface area (Å²) < 4.78 is 0. The fourth-order valence-corrected chi connectivity index (χ4v) is 1.59. The van der Waals surface area contributed by atoms with Gasteiger partial charge in [0, 0.05) is 16.5 Å². The van der Waals surface area contributed by atoms with Crippen molar-refractivity contribution in [3.8, 4) is 0 Å². The van der Waals surface area contributed by atoms with E-state index in [0.29, 0.717) is 0 Å². The molecule has 2 aromatic carbocycles. The van der Waals surface area contributed by atoms with Crippen molar-refractivity contribution in [3.63, 3.8) is 0 Å². The topological polar surface area (TPSA) is 24.7 Å². The van der Waals surface area contributed by atoms with Crippen LogP contribution in [0.2, 0.25) is 0 Å². The standard InChI is InChI=1S/C17H16N2.Ni/c1-2-9-17(19-16-12-7-4-8-13-16)14-18-15-10-5-3-6-11-15;/h2-14H,1H3;/b9-2-,18-14+,19-17+;. The summed E-state index contributed by atoms with van der Waals surface area (Å²) in [6, 6.07) is 19.7. The van der Waals surface area contributed by atoms with Crippen LogP contribution < -0.4 is 0 Å². The Morgan fingerprint density at radius 1 is 0.850 bits per heavy atom. The number of aliphatic imine (C=N–C) groups is 2. The van der Waals surface area contributed by atoms with Crippen LogP contribution in [0, 0.1) is 0 Å². The first-order valence-corrected chi connectivity index (χ1v) is 6.24. The van der Waals surface area contributed by atoms with Gasteiger partial charge in [-0.25, -0.2) is 4.99 Å². The quantitative estimate of drug-likeness (QED) is 0.576. The van der Waals surface area contributed by atoms with Crippen LogP contribution in [0.25, 0.3) is 0 Å². The van der Waals surface area contributed by atoms with Crippen LogP contribution in [0.5, 0.6) is 0 Å². The fourth-order valence-electron chi connectivity index (χ4n) is 1.59. The summed E-state index contributed by atoms with van der Waals surface area (Å²) in [5.74, 6) is 0. The number of benzene rings is 2. The maximum Gasteiger partial charge on any atom is 0.0816 e. The second-order valence-corrected chi connectivity index (χ2v) is 3.97. The molecule has 0 fully saturated rings. The normalized spacial score (nSPS) is 11.8. The molecule has 0 radical (unpaired) electrons. The van der Waals surface area contributed by atoms with E-state index in [0.717, 1.165) is 17.1 Å². The van der Waals surface area contributed by atoms with E-state index in [1.165, 1.54) is 0 Å². The van der Waals surface area contributed by atoms with Gasteiger partial charge in [0.25, 0.3) is 0 Å². The first kappa shape index (κ1) is 16.1. The molecule has 0 spiro atoms. The molecule has 3 heteroatoms. The summed E-state index contributed by atoms with van der Waals surface area (Å²) >= 11 is 0. The SMILES string of the molecule is C\C=C/C(/C=N/c1ccccc1)=N\c1ccccc1.[Ni]. The van der Waals surface area contributed by atoms with Crippen LogP contribution in [0.3, 0.4) is 0 Å². The Morgan fingerprint density at radius 2 is 1.40 bits per heavy atom. The van der Waals surface area contributed by atoms with Gasteiger partial charge in [-0.3, -0.25) is 4.99 Å². The Labute approximate surface area is 129 Å². The van der Waals surface area contributed by atoms with Gasteiger partial charge in [-0.15, -0.1) is 0 Å². The van der Waals surface area contributed by atoms with E-state index >= 15 is 0 Å². The van der Waals surface area contributed by atoms with Crippen LogP contribution in [-0.2, 0) is 16.5 Å². The van der Waals surface area contributed by atoms with Gasteiger partial charge in [-0.05, 0) is 37.3 Å². The molecule has 2 rings (SSSR count). The van der Waals surface area contributed by atoms with Crippen molar-refractivity contribution in [1.82, 2.24) is 0 Å². The van der Waals surface area contributed by atoms with Crippen molar-refractivity contribution in [2.24, 2.45) is 9.98 Å². The zero-order chi connectivity index (χ0) is 13.3. The minimum atomic E-state index is 0. The summed E-state index contributed by atoms with van der Waals surface area (Å²) in [5.41, 5.74) is 2.68. The Balaban J connectivity index is 0.00000200. The van der Waals surface area contributed by atoms with Crippen LogP contribution in [0.1, 0.15) is 6.92 Å². The van der Waals surface area contributed by atoms with Gasteiger partial charge in [0.1, 0.15) is 0 Å². The second kappa shape index (κ2) is 9.00. The van der Waals surface area contributed by atoms with Crippen molar-refractivity contribution in [3.05, 3.63) is 72.8 Å². The van der Waals surface area contributed by atoms with Crippen molar-refractivity contribution >= 4 is 23.3 Å². The molecule has 0 aliphatic rings. The van der Waals surface area contributed by atoms with Crippen molar-refractivity contribution in [2.45, 2.75) is 6.92 Å². The van der Waals surface area contributed by atoms with Gasteiger partial charge in [0.05, 0.1) is 23.3 Å². The van der Waals surface area contributed by atoms with E-state index in [1.54, 1.807) is 6.21 Å². The van der Waals surface area contributed by atoms with Gasteiger partial charge < -0.3 is 0 Å². The summed E-state index contributed by atoms with van der Waals surface area (Å²) in [4.78, 5) is 8.96. The third kappa shape index (κ3) is 5.33. The summed E-state index contributed by atoms with van der Waals surface area (Å²) in [6.45, 7) is 1.97. The van der Waals surface area contributed by atoms with Gasteiger partial charge >= 0.3 is 0 Å². The van der Waals surface area contributed by atoms with Gasteiger partial charge in [-0.1, -0.05) is 42.5 Å². The molecule has 2 nitrogen and oxygen atoms in total. The van der Waals surface area contributed by atoms with Gasteiger partial charge in [0.15, 0.2) is 0 Å². The predicted octanol–water partition coefficient (Wildman–Crippen LogP) is 4.74. The number of rotatable bonds is 4. The van der Waals surface area contributed by atoms with E-state index in [1.807, 2.05) is 79.7 Å². The van der Waals surface area contributed by atoms with Crippen molar-refractivity contribution in [2.75, 3.05) is 0 Å². The summed E-state index contributed by atoms with van der Waals surface area (Å²) in [7, 11) is 0. The van der Waals surface area contributed by atoms with Crippen LogP contribution in [-0.4, -0.2) is 11.9 Å².